The van der Waals surface area contributed by atoms with Gasteiger partial charge < -0.3 is 10.2 Å². The maximum Gasteiger partial charge on any atom is 0.255 e. The third-order valence-electron chi connectivity index (χ3n) is 5.61. The van der Waals surface area contributed by atoms with Crippen LogP contribution in [0.2, 0.25) is 0 Å². The van der Waals surface area contributed by atoms with Crippen LogP contribution in [0.15, 0.2) is 60.1 Å². The Balaban J connectivity index is 1.26. The van der Waals surface area contributed by atoms with Crippen molar-refractivity contribution in [1.82, 2.24) is 15.2 Å². The summed E-state index contributed by atoms with van der Waals surface area (Å²) >= 11 is 1.53. The molecule has 2 aromatic carbocycles. The Kier molecular flexibility index (Phi) is 5.58. The predicted octanol–water partition coefficient (Wildman–Crippen LogP) is 5.39. The molecule has 0 radical (unpaired) electrons. The molecule has 0 saturated carbocycles. The van der Waals surface area contributed by atoms with Gasteiger partial charge in [0.05, 0.1) is 21.4 Å². The molecule has 1 fully saturated rings. The number of benzene rings is 2. The van der Waals surface area contributed by atoms with Crippen LogP contribution in [-0.4, -0.2) is 34.2 Å². The van der Waals surface area contributed by atoms with E-state index in [0.29, 0.717) is 5.56 Å². The molecule has 0 aliphatic carbocycles. The highest BCUT2D eigenvalue weighted by atomic mass is 32.1. The Bertz CT molecular complexity index is 1180. The van der Waals surface area contributed by atoms with Crippen LogP contribution < -0.4 is 10.2 Å². The molecule has 2 aromatic heterocycles. The van der Waals surface area contributed by atoms with E-state index in [1.165, 1.54) is 37.0 Å². The maximum atomic E-state index is 12.6. The number of amides is 1. The zero-order valence-corrected chi connectivity index (χ0v) is 17.9. The zero-order valence-electron chi connectivity index (χ0n) is 17.1. The van der Waals surface area contributed by atoms with Crippen molar-refractivity contribution in [2.75, 3.05) is 23.3 Å². The lowest BCUT2D eigenvalue weighted by Gasteiger charge is -2.20. The van der Waals surface area contributed by atoms with E-state index in [4.69, 9.17) is 0 Å². The van der Waals surface area contributed by atoms with Crippen molar-refractivity contribution in [3.05, 3.63) is 65.7 Å². The summed E-state index contributed by atoms with van der Waals surface area (Å²) in [6.07, 6.45) is 5.03. The topological polar surface area (TPSA) is 71.0 Å². The van der Waals surface area contributed by atoms with Crippen LogP contribution in [0.5, 0.6) is 0 Å². The first-order valence-corrected chi connectivity index (χ1v) is 11.5. The smallest absolute Gasteiger partial charge is 0.255 e. The Morgan fingerprint density at radius 2 is 1.71 bits per heavy atom. The van der Waals surface area contributed by atoms with Crippen molar-refractivity contribution in [2.45, 2.75) is 25.7 Å². The van der Waals surface area contributed by atoms with Crippen LogP contribution >= 0.6 is 11.3 Å². The fraction of sp³-hybridized carbons (Fsp3) is 0.250. The predicted molar refractivity (Wildman–Crippen MR) is 126 cm³/mol. The summed E-state index contributed by atoms with van der Waals surface area (Å²) in [6, 6.07) is 17.3. The molecule has 3 heterocycles. The van der Waals surface area contributed by atoms with Crippen LogP contribution in [0, 0.1) is 0 Å². The fourth-order valence-corrected chi connectivity index (χ4v) is 4.59. The van der Waals surface area contributed by atoms with E-state index < -0.39 is 0 Å². The lowest BCUT2D eigenvalue weighted by Crippen LogP contribution is -2.25. The first-order chi connectivity index (χ1) is 15.3. The largest absolute Gasteiger partial charge is 0.355 e. The average Bonchev–Trinajstić information content (AvgIpc) is 3.12. The minimum atomic E-state index is -0.135. The molecule has 1 saturated heterocycles. The van der Waals surface area contributed by atoms with Gasteiger partial charge in [-0.25, -0.2) is 4.98 Å². The van der Waals surface area contributed by atoms with Gasteiger partial charge in [-0.3, -0.25) is 4.79 Å². The molecule has 7 heteroatoms. The summed E-state index contributed by atoms with van der Waals surface area (Å²) in [5.41, 5.74) is 5.86. The molecule has 1 amide bonds. The average molecular weight is 430 g/mol. The Morgan fingerprint density at radius 3 is 2.45 bits per heavy atom. The van der Waals surface area contributed by atoms with Gasteiger partial charge in [0, 0.05) is 29.9 Å². The molecule has 0 bridgehead atoms. The second-order valence-corrected chi connectivity index (χ2v) is 8.63. The number of thiazole rings is 1. The van der Waals surface area contributed by atoms with Crippen molar-refractivity contribution in [1.29, 1.82) is 0 Å². The van der Waals surface area contributed by atoms with Crippen molar-refractivity contribution >= 4 is 39.0 Å². The minimum absolute atomic E-state index is 0.135. The quantitative estimate of drug-likeness (QED) is 0.471. The van der Waals surface area contributed by atoms with Crippen molar-refractivity contribution in [2.24, 2.45) is 0 Å². The Hall–Kier alpha value is -3.32. The lowest BCUT2D eigenvalue weighted by molar-refractivity contribution is 0.102. The van der Waals surface area contributed by atoms with E-state index in [0.717, 1.165) is 46.1 Å². The summed E-state index contributed by atoms with van der Waals surface area (Å²) in [6.45, 7) is 2.11. The molecule has 4 aromatic rings. The molecule has 1 aliphatic heterocycles. The lowest BCUT2D eigenvalue weighted by atomic mass is 10.1. The number of fused-ring (bicyclic) bond motifs is 1. The normalized spacial score (nSPS) is 14.4. The summed E-state index contributed by atoms with van der Waals surface area (Å²) in [5.74, 6) is 0.817. The summed E-state index contributed by atoms with van der Waals surface area (Å²) in [4.78, 5) is 19.2. The standard InChI is InChI=1S/C24H23N5OS/c30-24(18-7-10-21-22(15-18)31-16-25-21)26-19-8-5-17(6-9-19)20-11-12-23(28-27-20)29-13-3-1-2-4-14-29/h5-12,15-16H,1-4,13-14H2,(H,26,30). The second kappa shape index (κ2) is 8.81. The number of carbonyl (C=O) groups excluding carboxylic acids is 1. The minimum Gasteiger partial charge on any atom is -0.355 e. The van der Waals surface area contributed by atoms with E-state index in [1.54, 1.807) is 11.6 Å². The van der Waals surface area contributed by atoms with Crippen LogP contribution in [0.25, 0.3) is 21.5 Å². The van der Waals surface area contributed by atoms with Crippen LogP contribution in [0.3, 0.4) is 0 Å². The van der Waals surface area contributed by atoms with Crippen molar-refractivity contribution < 1.29 is 4.79 Å². The molecule has 6 nitrogen and oxygen atoms in total. The zero-order chi connectivity index (χ0) is 21.0. The van der Waals surface area contributed by atoms with Crippen LogP contribution in [0.4, 0.5) is 11.5 Å². The summed E-state index contributed by atoms with van der Waals surface area (Å²) < 4.78 is 1.00. The molecule has 0 spiro atoms. The van der Waals surface area contributed by atoms with Crippen LogP contribution in [0.1, 0.15) is 36.0 Å². The fourth-order valence-electron chi connectivity index (χ4n) is 3.87. The molecule has 1 N–H and O–H groups in total. The highest BCUT2D eigenvalue weighted by Crippen LogP contribution is 2.23. The van der Waals surface area contributed by atoms with Gasteiger partial charge >= 0.3 is 0 Å². The molecule has 31 heavy (non-hydrogen) atoms. The highest BCUT2D eigenvalue weighted by Gasteiger charge is 2.12. The first-order valence-electron chi connectivity index (χ1n) is 10.6. The van der Waals surface area contributed by atoms with Gasteiger partial charge in [-0.1, -0.05) is 25.0 Å². The van der Waals surface area contributed by atoms with E-state index >= 15 is 0 Å². The molecule has 5 rings (SSSR count). The number of hydrogen-bond donors (Lipinski definition) is 1. The maximum absolute atomic E-state index is 12.6. The van der Waals surface area contributed by atoms with E-state index in [-0.39, 0.29) is 5.91 Å². The summed E-state index contributed by atoms with van der Waals surface area (Å²) in [5, 5.41) is 11.8. The van der Waals surface area contributed by atoms with Gasteiger partial charge in [-0.2, -0.15) is 0 Å². The van der Waals surface area contributed by atoms with E-state index in [2.05, 4.69) is 31.5 Å². The first kappa shape index (κ1) is 19.6. The van der Waals surface area contributed by atoms with Crippen LogP contribution in [-0.2, 0) is 0 Å². The molecule has 1 aliphatic rings. The molecule has 156 valence electrons. The number of anilines is 2. The molecule has 0 atom stereocenters. The van der Waals surface area contributed by atoms with Gasteiger partial charge in [-0.15, -0.1) is 21.5 Å². The van der Waals surface area contributed by atoms with Crippen molar-refractivity contribution in [3.63, 3.8) is 0 Å². The Morgan fingerprint density at radius 1 is 0.903 bits per heavy atom. The van der Waals surface area contributed by atoms with E-state index in [9.17, 15) is 4.79 Å². The SMILES string of the molecule is O=C(Nc1ccc(-c2ccc(N3CCCCCC3)nn2)cc1)c1ccc2ncsc2c1. The number of nitrogens with one attached hydrogen (secondary N) is 1. The molecule has 0 unspecified atom stereocenters. The number of nitrogens with zero attached hydrogens (tertiary/aromatic N) is 4. The molecular formula is C24H23N5OS. The number of hydrogen-bond acceptors (Lipinski definition) is 6. The third kappa shape index (κ3) is 4.41. The van der Waals surface area contributed by atoms with Gasteiger partial charge in [-0.05, 0) is 55.3 Å². The van der Waals surface area contributed by atoms with E-state index in [1.807, 2.05) is 42.5 Å². The number of carbonyl (C=O) groups is 1. The van der Waals surface area contributed by atoms with Gasteiger partial charge in [0.25, 0.3) is 5.91 Å². The highest BCUT2D eigenvalue weighted by molar-refractivity contribution is 7.16. The van der Waals surface area contributed by atoms with Gasteiger partial charge in [0.2, 0.25) is 0 Å². The third-order valence-corrected chi connectivity index (χ3v) is 6.40. The monoisotopic (exact) mass is 429 g/mol. The number of rotatable bonds is 4. The Labute approximate surface area is 185 Å². The molecular weight excluding hydrogens is 406 g/mol. The number of aromatic nitrogens is 3. The second-order valence-electron chi connectivity index (χ2n) is 7.74. The van der Waals surface area contributed by atoms with Crippen molar-refractivity contribution in [3.8, 4) is 11.3 Å². The van der Waals surface area contributed by atoms with Gasteiger partial charge in [0.1, 0.15) is 0 Å². The van der Waals surface area contributed by atoms with Gasteiger partial charge in [0.15, 0.2) is 5.82 Å². The summed E-state index contributed by atoms with van der Waals surface area (Å²) in [7, 11) is 0.